The van der Waals surface area contributed by atoms with Crippen LogP contribution in [0.4, 0.5) is 0 Å². The standard InChI is InChI=1S/C15H18N2O3/c18-15(10-1-4-13-14(7-10)20-9-19-13)16-11-5-6-17(8-11)12-2-3-12/h1,4,7,11-12H,2-3,5-6,8-9H2,(H,16,18). The molecular formula is C15H18N2O3. The van der Waals surface area contributed by atoms with Gasteiger partial charge < -0.3 is 14.8 Å². The Hall–Kier alpha value is -1.75. The van der Waals surface area contributed by atoms with E-state index in [9.17, 15) is 4.79 Å². The molecule has 4 rings (SSSR count). The predicted octanol–water partition coefficient (Wildman–Crippen LogP) is 1.38. The molecule has 106 valence electrons. The minimum Gasteiger partial charge on any atom is -0.454 e. The van der Waals surface area contributed by atoms with Crippen molar-refractivity contribution in [1.82, 2.24) is 10.2 Å². The summed E-state index contributed by atoms with van der Waals surface area (Å²) in [5.74, 6) is 1.34. The Kier molecular flexibility index (Phi) is 2.80. The maximum atomic E-state index is 12.3. The summed E-state index contributed by atoms with van der Waals surface area (Å²) in [6, 6.07) is 6.39. The summed E-state index contributed by atoms with van der Waals surface area (Å²) in [6.07, 6.45) is 3.69. The topological polar surface area (TPSA) is 50.8 Å². The van der Waals surface area contributed by atoms with Crippen LogP contribution in [0.3, 0.4) is 0 Å². The second kappa shape index (κ2) is 4.66. The number of benzene rings is 1. The van der Waals surface area contributed by atoms with Gasteiger partial charge in [0.05, 0.1) is 0 Å². The number of nitrogens with zero attached hydrogens (tertiary/aromatic N) is 1. The number of carbonyl (C=O) groups excluding carboxylic acids is 1. The van der Waals surface area contributed by atoms with Crippen molar-refractivity contribution in [2.24, 2.45) is 0 Å². The molecule has 2 aliphatic heterocycles. The highest BCUT2D eigenvalue weighted by Gasteiger charge is 2.34. The normalized spacial score (nSPS) is 24.9. The summed E-state index contributed by atoms with van der Waals surface area (Å²) in [6.45, 7) is 2.33. The number of likely N-dealkylation sites (tertiary alicyclic amines) is 1. The van der Waals surface area contributed by atoms with E-state index < -0.39 is 0 Å². The van der Waals surface area contributed by atoms with Gasteiger partial charge in [0.2, 0.25) is 6.79 Å². The van der Waals surface area contributed by atoms with Gasteiger partial charge in [0, 0.05) is 30.7 Å². The van der Waals surface area contributed by atoms with Crippen LogP contribution in [0, 0.1) is 0 Å². The first-order valence-corrected chi connectivity index (χ1v) is 7.24. The third kappa shape index (κ3) is 2.22. The molecule has 1 N–H and O–H groups in total. The first-order chi connectivity index (χ1) is 9.79. The van der Waals surface area contributed by atoms with Crippen LogP contribution >= 0.6 is 0 Å². The molecule has 0 radical (unpaired) electrons. The lowest BCUT2D eigenvalue weighted by atomic mass is 10.1. The minimum absolute atomic E-state index is 0.0223. The van der Waals surface area contributed by atoms with Gasteiger partial charge in [-0.25, -0.2) is 0 Å². The molecule has 2 fully saturated rings. The maximum absolute atomic E-state index is 12.3. The number of fused-ring (bicyclic) bond motifs is 1. The molecule has 0 aromatic heterocycles. The largest absolute Gasteiger partial charge is 0.454 e. The Morgan fingerprint density at radius 2 is 2.05 bits per heavy atom. The monoisotopic (exact) mass is 274 g/mol. The van der Waals surface area contributed by atoms with E-state index in [0.717, 1.165) is 25.6 Å². The lowest BCUT2D eigenvalue weighted by Crippen LogP contribution is -2.37. The molecule has 1 saturated heterocycles. The molecule has 1 amide bonds. The number of rotatable bonds is 3. The molecule has 1 atom stereocenters. The van der Waals surface area contributed by atoms with Gasteiger partial charge in [0.15, 0.2) is 11.5 Å². The Bertz CT molecular complexity index is 542. The number of nitrogens with one attached hydrogen (secondary N) is 1. The molecule has 1 unspecified atom stereocenters. The van der Waals surface area contributed by atoms with Gasteiger partial charge in [-0.2, -0.15) is 0 Å². The van der Waals surface area contributed by atoms with Crippen LogP contribution in [0.25, 0.3) is 0 Å². The third-order valence-corrected chi connectivity index (χ3v) is 4.25. The van der Waals surface area contributed by atoms with Crippen LogP contribution in [0.5, 0.6) is 11.5 Å². The molecule has 0 bridgehead atoms. The zero-order valence-electron chi connectivity index (χ0n) is 11.3. The van der Waals surface area contributed by atoms with Crippen molar-refractivity contribution in [1.29, 1.82) is 0 Å². The summed E-state index contributed by atoms with van der Waals surface area (Å²) in [5.41, 5.74) is 0.638. The molecule has 20 heavy (non-hydrogen) atoms. The van der Waals surface area contributed by atoms with Crippen LogP contribution in [-0.4, -0.2) is 42.8 Å². The van der Waals surface area contributed by atoms with Gasteiger partial charge in [-0.05, 0) is 37.5 Å². The zero-order valence-corrected chi connectivity index (χ0v) is 11.3. The van der Waals surface area contributed by atoms with Gasteiger partial charge in [-0.15, -0.1) is 0 Å². The molecule has 0 spiro atoms. The second-order valence-corrected chi connectivity index (χ2v) is 5.75. The van der Waals surface area contributed by atoms with Gasteiger partial charge in [-0.1, -0.05) is 0 Å². The number of hydrogen-bond acceptors (Lipinski definition) is 4. The van der Waals surface area contributed by atoms with Crippen LogP contribution in [-0.2, 0) is 0 Å². The van der Waals surface area contributed by atoms with E-state index in [4.69, 9.17) is 9.47 Å². The van der Waals surface area contributed by atoms with Crippen LogP contribution in [0.2, 0.25) is 0 Å². The lowest BCUT2D eigenvalue weighted by Gasteiger charge is -2.15. The quantitative estimate of drug-likeness (QED) is 0.905. The van der Waals surface area contributed by atoms with Crippen molar-refractivity contribution in [2.45, 2.75) is 31.3 Å². The van der Waals surface area contributed by atoms with Crippen LogP contribution in [0.15, 0.2) is 18.2 Å². The maximum Gasteiger partial charge on any atom is 0.251 e. The average molecular weight is 274 g/mol. The smallest absolute Gasteiger partial charge is 0.251 e. The van der Waals surface area contributed by atoms with Crippen molar-refractivity contribution in [3.63, 3.8) is 0 Å². The predicted molar refractivity (Wildman–Crippen MR) is 73.0 cm³/mol. The highest BCUT2D eigenvalue weighted by Crippen LogP contribution is 2.33. The molecule has 1 saturated carbocycles. The van der Waals surface area contributed by atoms with Crippen molar-refractivity contribution in [3.8, 4) is 11.5 Å². The summed E-state index contributed by atoms with van der Waals surface area (Å²) in [5, 5.41) is 3.12. The van der Waals surface area contributed by atoms with Crippen molar-refractivity contribution in [3.05, 3.63) is 23.8 Å². The Morgan fingerprint density at radius 1 is 1.20 bits per heavy atom. The Labute approximate surface area is 117 Å². The molecule has 5 nitrogen and oxygen atoms in total. The number of hydrogen-bond donors (Lipinski definition) is 1. The fraction of sp³-hybridized carbons (Fsp3) is 0.533. The molecule has 1 aromatic rings. The SMILES string of the molecule is O=C(NC1CCN(C2CC2)C1)c1ccc2c(c1)OCO2. The number of ether oxygens (including phenoxy) is 2. The van der Waals surface area contributed by atoms with E-state index in [0.29, 0.717) is 17.1 Å². The first-order valence-electron chi connectivity index (χ1n) is 7.24. The summed E-state index contributed by atoms with van der Waals surface area (Å²) >= 11 is 0. The van der Waals surface area contributed by atoms with E-state index in [-0.39, 0.29) is 18.7 Å². The molecule has 2 heterocycles. The van der Waals surface area contributed by atoms with E-state index in [1.807, 2.05) is 0 Å². The minimum atomic E-state index is -0.0223. The van der Waals surface area contributed by atoms with E-state index in [2.05, 4.69) is 10.2 Å². The Morgan fingerprint density at radius 3 is 2.90 bits per heavy atom. The van der Waals surface area contributed by atoms with Crippen molar-refractivity contribution < 1.29 is 14.3 Å². The van der Waals surface area contributed by atoms with Crippen LogP contribution < -0.4 is 14.8 Å². The summed E-state index contributed by atoms with van der Waals surface area (Å²) in [7, 11) is 0. The highest BCUT2D eigenvalue weighted by atomic mass is 16.7. The first kappa shape index (κ1) is 12.0. The van der Waals surface area contributed by atoms with Gasteiger partial charge in [-0.3, -0.25) is 9.69 Å². The van der Waals surface area contributed by atoms with E-state index in [1.165, 1.54) is 12.8 Å². The Balaban J connectivity index is 1.40. The lowest BCUT2D eigenvalue weighted by molar-refractivity contribution is 0.0937. The van der Waals surface area contributed by atoms with E-state index >= 15 is 0 Å². The fourth-order valence-electron chi connectivity index (χ4n) is 2.98. The third-order valence-electron chi connectivity index (χ3n) is 4.25. The van der Waals surface area contributed by atoms with E-state index in [1.54, 1.807) is 18.2 Å². The summed E-state index contributed by atoms with van der Waals surface area (Å²) < 4.78 is 10.6. The molecule has 1 aliphatic carbocycles. The summed E-state index contributed by atoms with van der Waals surface area (Å²) in [4.78, 5) is 14.8. The zero-order chi connectivity index (χ0) is 13.5. The van der Waals surface area contributed by atoms with Gasteiger partial charge in [0.25, 0.3) is 5.91 Å². The molecule has 3 aliphatic rings. The van der Waals surface area contributed by atoms with Gasteiger partial charge >= 0.3 is 0 Å². The second-order valence-electron chi connectivity index (χ2n) is 5.75. The number of carbonyl (C=O) groups is 1. The number of amides is 1. The molecule has 5 heteroatoms. The highest BCUT2D eigenvalue weighted by molar-refractivity contribution is 5.95. The van der Waals surface area contributed by atoms with Crippen LogP contribution in [0.1, 0.15) is 29.6 Å². The van der Waals surface area contributed by atoms with Crippen molar-refractivity contribution in [2.75, 3.05) is 19.9 Å². The van der Waals surface area contributed by atoms with Crippen molar-refractivity contribution >= 4 is 5.91 Å². The molecular weight excluding hydrogens is 256 g/mol. The van der Waals surface area contributed by atoms with Gasteiger partial charge in [0.1, 0.15) is 0 Å². The molecule has 1 aromatic carbocycles. The average Bonchev–Trinajstić information content (AvgIpc) is 3.02. The fourth-order valence-corrected chi connectivity index (χ4v) is 2.98.